The van der Waals surface area contributed by atoms with E-state index in [1.54, 1.807) is 12.3 Å². The van der Waals surface area contributed by atoms with Crippen LogP contribution in [0.5, 0.6) is 0 Å². The van der Waals surface area contributed by atoms with Crippen LogP contribution in [0.15, 0.2) is 49.3 Å². The van der Waals surface area contributed by atoms with Crippen molar-refractivity contribution in [1.29, 1.82) is 0 Å². The standard InChI is InChI=1S/C24H30ClN7O3S/c1-2-9-27-24(33)31-20(14-29-36(34)35)15-5-7-17(8-6-15)30-22-12-16(11-21(25)32-22)19-13-28-23-18(19)4-3-10-26-23/h2-4,10-13,15,17,20,29H,1,5-9,14H2,(H,26,28)(H,30,32)(H,34,35)(H2,27,31,33). The molecule has 1 aliphatic rings. The van der Waals surface area contributed by atoms with Crippen LogP contribution in [0.1, 0.15) is 25.7 Å². The molecule has 3 heterocycles. The van der Waals surface area contributed by atoms with Crippen LogP contribution in [0.25, 0.3) is 22.2 Å². The van der Waals surface area contributed by atoms with Crippen LogP contribution in [0.2, 0.25) is 5.15 Å². The minimum atomic E-state index is -2.15. The third-order valence-corrected chi connectivity index (χ3v) is 7.01. The third kappa shape index (κ3) is 6.82. The first kappa shape index (κ1) is 26.1. The minimum absolute atomic E-state index is 0.162. The second-order valence-corrected chi connectivity index (χ2v) is 9.94. The predicted molar refractivity (Wildman–Crippen MR) is 143 cm³/mol. The number of pyridine rings is 2. The summed E-state index contributed by atoms with van der Waals surface area (Å²) < 4.78 is 22.8. The first-order valence-electron chi connectivity index (χ1n) is 11.8. The number of halogens is 1. The van der Waals surface area contributed by atoms with Crippen molar-refractivity contribution >= 4 is 45.7 Å². The van der Waals surface area contributed by atoms with Gasteiger partial charge in [-0.2, -0.15) is 0 Å². The van der Waals surface area contributed by atoms with E-state index < -0.39 is 11.3 Å². The smallest absolute Gasteiger partial charge is 0.315 e. The number of nitrogens with zero attached hydrogens (tertiary/aromatic N) is 2. The van der Waals surface area contributed by atoms with Gasteiger partial charge in [0.2, 0.25) is 11.3 Å². The molecule has 0 spiro atoms. The topological polar surface area (TPSA) is 144 Å². The van der Waals surface area contributed by atoms with E-state index in [1.165, 1.54) is 0 Å². The van der Waals surface area contributed by atoms with Crippen molar-refractivity contribution in [3.05, 3.63) is 54.5 Å². The average molecular weight is 532 g/mol. The molecule has 4 rings (SSSR count). The number of urea groups is 1. The molecule has 0 aromatic carbocycles. The van der Waals surface area contributed by atoms with E-state index in [2.05, 4.69) is 42.2 Å². The van der Waals surface area contributed by atoms with E-state index >= 15 is 0 Å². The number of anilines is 1. The highest BCUT2D eigenvalue weighted by Gasteiger charge is 2.29. The first-order chi connectivity index (χ1) is 17.4. The molecule has 36 heavy (non-hydrogen) atoms. The third-order valence-electron chi connectivity index (χ3n) is 6.40. The van der Waals surface area contributed by atoms with Crippen LogP contribution < -0.4 is 20.7 Å². The van der Waals surface area contributed by atoms with E-state index in [-0.39, 0.29) is 30.6 Å². The molecular formula is C24H30ClN7O3S. The van der Waals surface area contributed by atoms with Gasteiger partial charge in [0.1, 0.15) is 16.6 Å². The van der Waals surface area contributed by atoms with E-state index in [0.717, 1.165) is 47.8 Å². The van der Waals surface area contributed by atoms with Crippen molar-refractivity contribution in [2.75, 3.05) is 18.4 Å². The molecule has 1 aliphatic carbocycles. The Labute approximate surface area is 217 Å². The average Bonchev–Trinajstić information content (AvgIpc) is 3.30. The maximum atomic E-state index is 12.2. The van der Waals surface area contributed by atoms with Gasteiger partial charge >= 0.3 is 6.03 Å². The Morgan fingerprint density at radius 1 is 1.33 bits per heavy atom. The maximum Gasteiger partial charge on any atom is 0.315 e. The second kappa shape index (κ2) is 12.3. The number of carbonyl (C=O) groups is 1. The van der Waals surface area contributed by atoms with Crippen molar-refractivity contribution in [3.8, 4) is 11.1 Å². The van der Waals surface area contributed by atoms with Crippen LogP contribution in [0.4, 0.5) is 10.6 Å². The van der Waals surface area contributed by atoms with E-state index in [9.17, 15) is 9.00 Å². The fourth-order valence-electron chi connectivity index (χ4n) is 4.68. The van der Waals surface area contributed by atoms with Gasteiger partial charge in [-0.25, -0.2) is 23.7 Å². The number of hydrogen-bond donors (Lipinski definition) is 6. The van der Waals surface area contributed by atoms with Gasteiger partial charge in [0.05, 0.1) is 0 Å². The van der Waals surface area contributed by atoms with Crippen LogP contribution in [0.3, 0.4) is 0 Å². The van der Waals surface area contributed by atoms with Gasteiger partial charge in [-0.05, 0) is 61.4 Å². The molecule has 192 valence electrons. The lowest BCUT2D eigenvalue weighted by atomic mass is 9.81. The molecule has 6 N–H and O–H groups in total. The van der Waals surface area contributed by atoms with Crippen molar-refractivity contribution in [2.24, 2.45) is 5.92 Å². The number of nitrogens with one attached hydrogen (secondary N) is 5. The first-order valence-corrected chi connectivity index (χ1v) is 13.3. The molecule has 0 bridgehead atoms. The molecule has 10 nitrogen and oxygen atoms in total. The lowest BCUT2D eigenvalue weighted by molar-refractivity contribution is 0.220. The molecular weight excluding hydrogens is 502 g/mol. The fourth-order valence-corrected chi connectivity index (χ4v) is 5.21. The summed E-state index contributed by atoms with van der Waals surface area (Å²) in [5, 5.41) is 10.5. The highest BCUT2D eigenvalue weighted by atomic mass is 35.5. The van der Waals surface area contributed by atoms with Gasteiger partial charge in [-0.1, -0.05) is 17.7 Å². The predicted octanol–water partition coefficient (Wildman–Crippen LogP) is 3.83. The molecule has 3 aromatic rings. The van der Waals surface area contributed by atoms with Gasteiger partial charge < -0.3 is 20.9 Å². The molecule has 2 amide bonds. The summed E-state index contributed by atoms with van der Waals surface area (Å²) in [6, 6.07) is 7.33. The van der Waals surface area contributed by atoms with Gasteiger partial charge in [-0.3, -0.25) is 4.55 Å². The number of carbonyl (C=O) groups excluding carboxylic acids is 1. The van der Waals surface area contributed by atoms with E-state index in [4.69, 9.17) is 16.2 Å². The Morgan fingerprint density at radius 3 is 2.89 bits per heavy atom. The molecule has 1 fully saturated rings. The summed E-state index contributed by atoms with van der Waals surface area (Å²) in [5.41, 5.74) is 2.77. The Morgan fingerprint density at radius 2 is 2.14 bits per heavy atom. The summed E-state index contributed by atoms with van der Waals surface area (Å²) in [4.78, 5) is 24.2. The Hall–Kier alpha value is -2.99. The molecule has 2 unspecified atom stereocenters. The van der Waals surface area contributed by atoms with E-state index in [0.29, 0.717) is 17.5 Å². The highest BCUT2D eigenvalue weighted by Crippen LogP contribution is 2.33. The zero-order valence-electron chi connectivity index (χ0n) is 19.7. The molecule has 0 aliphatic heterocycles. The molecule has 2 atom stereocenters. The molecule has 3 aromatic heterocycles. The lowest BCUT2D eigenvalue weighted by Crippen LogP contribution is -2.51. The quantitative estimate of drug-likeness (QED) is 0.133. The molecule has 12 heteroatoms. The monoisotopic (exact) mass is 531 g/mol. The minimum Gasteiger partial charge on any atom is -0.367 e. The summed E-state index contributed by atoms with van der Waals surface area (Å²) >= 11 is 4.22. The zero-order valence-corrected chi connectivity index (χ0v) is 21.2. The van der Waals surface area contributed by atoms with Crippen molar-refractivity contribution in [3.63, 3.8) is 0 Å². The van der Waals surface area contributed by atoms with Crippen LogP contribution >= 0.6 is 11.6 Å². The summed E-state index contributed by atoms with van der Waals surface area (Å²) in [6.07, 6.45) is 8.66. The van der Waals surface area contributed by atoms with Crippen LogP contribution in [-0.2, 0) is 11.3 Å². The Kier molecular flexibility index (Phi) is 8.92. The Bertz CT molecular complexity index is 1230. The fraction of sp³-hybridized carbons (Fsp3) is 0.375. The van der Waals surface area contributed by atoms with E-state index in [1.807, 2.05) is 30.5 Å². The number of rotatable bonds is 10. The summed E-state index contributed by atoms with van der Waals surface area (Å²) in [6.45, 7) is 4.14. The number of hydrogen-bond acceptors (Lipinski definition) is 5. The lowest BCUT2D eigenvalue weighted by Gasteiger charge is -2.34. The van der Waals surface area contributed by atoms with Gasteiger partial charge in [0.15, 0.2) is 0 Å². The summed E-state index contributed by atoms with van der Waals surface area (Å²) in [7, 11) is 0. The maximum absolute atomic E-state index is 12.2. The number of H-pyrrole nitrogens is 1. The van der Waals surface area contributed by atoms with Crippen molar-refractivity contribution in [1.82, 2.24) is 30.3 Å². The van der Waals surface area contributed by atoms with Crippen molar-refractivity contribution in [2.45, 2.75) is 37.8 Å². The molecule has 0 saturated heterocycles. The number of fused-ring (bicyclic) bond motifs is 1. The number of amides is 2. The highest BCUT2D eigenvalue weighted by molar-refractivity contribution is 7.77. The van der Waals surface area contributed by atoms with Gasteiger partial charge in [0, 0.05) is 48.5 Å². The van der Waals surface area contributed by atoms with Crippen molar-refractivity contribution < 1.29 is 13.6 Å². The van der Waals surface area contributed by atoms with Gasteiger partial charge in [0.25, 0.3) is 0 Å². The zero-order chi connectivity index (χ0) is 25.5. The summed E-state index contributed by atoms with van der Waals surface area (Å²) in [5.74, 6) is 0.866. The largest absolute Gasteiger partial charge is 0.367 e. The SMILES string of the molecule is C=CCNC(=O)NC(CNS(=O)O)C1CCC(Nc2cc(-c3c[nH]c4ncccc34)cc(Cl)n2)CC1. The Balaban J connectivity index is 1.39. The normalized spacial score (nSPS) is 19.4. The number of aromatic nitrogens is 3. The second-order valence-electron chi connectivity index (χ2n) is 8.77. The van der Waals surface area contributed by atoms with Gasteiger partial charge in [-0.15, -0.1) is 6.58 Å². The molecule has 1 saturated carbocycles. The number of aromatic amines is 1. The van der Waals surface area contributed by atoms with Crippen LogP contribution in [0, 0.1) is 5.92 Å². The van der Waals surface area contributed by atoms with Crippen LogP contribution in [-0.4, -0.2) is 54.9 Å². The molecule has 0 radical (unpaired) electrons.